The maximum atomic E-state index is 11.8. The minimum atomic E-state index is -3.35. The van der Waals surface area contributed by atoms with Crippen molar-refractivity contribution in [3.63, 3.8) is 0 Å². The molecule has 0 bridgehead atoms. The molecule has 0 unspecified atom stereocenters. The van der Waals surface area contributed by atoms with Gasteiger partial charge in [0.2, 0.25) is 5.88 Å². The highest BCUT2D eigenvalue weighted by atomic mass is 32.2. The number of hydrogen-bond acceptors (Lipinski definition) is 5. The molecule has 0 fully saturated rings. The van der Waals surface area contributed by atoms with Gasteiger partial charge in [-0.15, -0.1) is 5.10 Å². The first kappa shape index (κ1) is 13.8. The summed E-state index contributed by atoms with van der Waals surface area (Å²) < 4.78 is 25.1. The van der Waals surface area contributed by atoms with Crippen molar-refractivity contribution in [2.24, 2.45) is 0 Å². The summed E-state index contributed by atoms with van der Waals surface area (Å²) in [4.78, 5) is 7.38. The Hall–Kier alpha value is -2.87. The van der Waals surface area contributed by atoms with Crippen LogP contribution in [0.1, 0.15) is 0 Å². The van der Waals surface area contributed by atoms with Crippen molar-refractivity contribution in [2.75, 3.05) is 6.26 Å². The number of hydrogen-bond donors (Lipinski definition) is 2. The van der Waals surface area contributed by atoms with Crippen LogP contribution in [0.3, 0.4) is 0 Å². The standard InChI is InChI=1S/C15H12N4O3S/c1-23(21,22)9-5-6-11-10(8-9)13(15(20)16-11)14-17-12-4-2-3-7-19(12)18-14/h2-8,16,20H,1H3. The number of pyridine rings is 1. The van der Waals surface area contributed by atoms with E-state index in [2.05, 4.69) is 15.1 Å². The second kappa shape index (κ2) is 4.56. The lowest BCUT2D eigenvalue weighted by Gasteiger charge is -1.99. The van der Waals surface area contributed by atoms with Crippen LogP contribution in [0.4, 0.5) is 0 Å². The van der Waals surface area contributed by atoms with Crippen LogP contribution in [0.5, 0.6) is 5.88 Å². The summed E-state index contributed by atoms with van der Waals surface area (Å²) in [7, 11) is -3.35. The Balaban J connectivity index is 2.03. The number of nitrogens with one attached hydrogen (secondary N) is 1. The quantitative estimate of drug-likeness (QED) is 0.586. The van der Waals surface area contributed by atoms with Crippen molar-refractivity contribution in [2.45, 2.75) is 4.90 Å². The van der Waals surface area contributed by atoms with Crippen LogP contribution < -0.4 is 0 Å². The van der Waals surface area contributed by atoms with Gasteiger partial charge in [-0.1, -0.05) is 6.07 Å². The fourth-order valence-corrected chi connectivity index (χ4v) is 3.20. The molecule has 0 spiro atoms. The Kier molecular flexibility index (Phi) is 2.73. The van der Waals surface area contributed by atoms with E-state index in [-0.39, 0.29) is 10.8 Å². The third kappa shape index (κ3) is 2.15. The summed E-state index contributed by atoms with van der Waals surface area (Å²) in [6, 6.07) is 10.1. The van der Waals surface area contributed by atoms with Crippen LogP contribution in [0.25, 0.3) is 27.9 Å². The second-order valence-corrected chi connectivity index (χ2v) is 7.28. The number of nitrogens with zero attached hydrogens (tertiary/aromatic N) is 3. The molecule has 2 N–H and O–H groups in total. The minimum Gasteiger partial charge on any atom is -0.494 e. The van der Waals surface area contributed by atoms with Gasteiger partial charge in [0.25, 0.3) is 0 Å². The molecule has 0 aliphatic carbocycles. The average molecular weight is 328 g/mol. The van der Waals surface area contributed by atoms with E-state index in [4.69, 9.17) is 0 Å². The fraction of sp³-hybridized carbons (Fsp3) is 0.0667. The van der Waals surface area contributed by atoms with E-state index < -0.39 is 9.84 Å². The van der Waals surface area contributed by atoms with E-state index in [1.54, 1.807) is 22.8 Å². The molecule has 23 heavy (non-hydrogen) atoms. The molecule has 0 radical (unpaired) electrons. The SMILES string of the molecule is CS(=O)(=O)c1ccc2[nH]c(O)c(-c3nc4ccccn4n3)c2c1. The average Bonchev–Trinajstić information content (AvgIpc) is 3.04. The Bertz CT molecular complexity index is 1130. The van der Waals surface area contributed by atoms with E-state index in [1.165, 1.54) is 12.1 Å². The topological polar surface area (TPSA) is 100 Å². The van der Waals surface area contributed by atoms with E-state index in [9.17, 15) is 13.5 Å². The molecule has 8 heteroatoms. The molecule has 0 saturated heterocycles. The molecule has 116 valence electrons. The van der Waals surface area contributed by atoms with Crippen LogP contribution in [0.15, 0.2) is 47.5 Å². The van der Waals surface area contributed by atoms with Gasteiger partial charge in [0.1, 0.15) is 0 Å². The molecule has 4 aromatic rings. The fourth-order valence-electron chi connectivity index (χ4n) is 2.55. The van der Waals surface area contributed by atoms with Crippen molar-refractivity contribution in [1.82, 2.24) is 19.6 Å². The summed E-state index contributed by atoms with van der Waals surface area (Å²) in [5.41, 5.74) is 1.63. The summed E-state index contributed by atoms with van der Waals surface area (Å²) in [6.45, 7) is 0. The van der Waals surface area contributed by atoms with Gasteiger partial charge in [0, 0.05) is 23.4 Å². The van der Waals surface area contributed by atoms with E-state index >= 15 is 0 Å². The summed E-state index contributed by atoms with van der Waals surface area (Å²) in [5.74, 6) is 0.229. The first-order valence-electron chi connectivity index (χ1n) is 6.80. The molecule has 0 atom stereocenters. The van der Waals surface area contributed by atoms with E-state index in [0.29, 0.717) is 27.9 Å². The smallest absolute Gasteiger partial charge is 0.200 e. The molecule has 0 aliphatic rings. The molecule has 0 amide bonds. The number of aromatic nitrogens is 4. The number of aromatic hydroxyl groups is 1. The third-order valence-electron chi connectivity index (χ3n) is 3.64. The minimum absolute atomic E-state index is 0.0958. The number of aromatic amines is 1. The van der Waals surface area contributed by atoms with E-state index in [0.717, 1.165) is 6.26 Å². The molecular formula is C15H12N4O3S. The number of benzene rings is 1. The van der Waals surface area contributed by atoms with E-state index in [1.807, 2.05) is 12.1 Å². The normalized spacial score (nSPS) is 12.2. The molecule has 3 aromatic heterocycles. The first-order valence-corrected chi connectivity index (χ1v) is 8.69. The molecule has 7 nitrogen and oxygen atoms in total. The number of fused-ring (bicyclic) bond motifs is 2. The van der Waals surface area contributed by atoms with Gasteiger partial charge in [0.15, 0.2) is 21.3 Å². The van der Waals surface area contributed by atoms with Crippen LogP contribution in [-0.4, -0.2) is 39.4 Å². The van der Waals surface area contributed by atoms with Gasteiger partial charge in [-0.05, 0) is 30.3 Å². The van der Waals surface area contributed by atoms with Crippen molar-refractivity contribution >= 4 is 26.4 Å². The maximum absolute atomic E-state index is 11.8. The lowest BCUT2D eigenvalue weighted by atomic mass is 10.1. The predicted molar refractivity (Wildman–Crippen MR) is 85.1 cm³/mol. The Morgan fingerprint density at radius 2 is 2.04 bits per heavy atom. The van der Waals surface area contributed by atoms with Crippen LogP contribution >= 0.6 is 0 Å². The largest absolute Gasteiger partial charge is 0.494 e. The van der Waals surface area contributed by atoms with Gasteiger partial charge in [-0.2, -0.15) is 0 Å². The maximum Gasteiger partial charge on any atom is 0.200 e. The molecule has 0 aliphatic heterocycles. The molecule has 1 aromatic carbocycles. The van der Waals surface area contributed by atoms with Crippen molar-refractivity contribution < 1.29 is 13.5 Å². The summed E-state index contributed by atoms with van der Waals surface area (Å²) in [6.07, 6.45) is 2.89. The molecular weight excluding hydrogens is 316 g/mol. The van der Waals surface area contributed by atoms with Gasteiger partial charge in [-0.25, -0.2) is 17.9 Å². The highest BCUT2D eigenvalue weighted by Gasteiger charge is 2.19. The predicted octanol–water partition coefficient (Wildman–Crippen LogP) is 1.99. The summed E-state index contributed by atoms with van der Waals surface area (Å²) >= 11 is 0. The molecule has 0 saturated carbocycles. The number of rotatable bonds is 2. The van der Waals surface area contributed by atoms with Gasteiger partial charge in [0.05, 0.1) is 10.5 Å². The zero-order valence-electron chi connectivity index (χ0n) is 12.1. The zero-order chi connectivity index (χ0) is 16.2. The Morgan fingerprint density at radius 3 is 2.78 bits per heavy atom. The lowest BCUT2D eigenvalue weighted by Crippen LogP contribution is -1.96. The third-order valence-corrected chi connectivity index (χ3v) is 4.75. The van der Waals surface area contributed by atoms with Gasteiger partial charge >= 0.3 is 0 Å². The van der Waals surface area contributed by atoms with Crippen LogP contribution in [0, 0.1) is 0 Å². The van der Waals surface area contributed by atoms with Crippen molar-refractivity contribution in [3.8, 4) is 17.3 Å². The molecule has 3 heterocycles. The Labute approximate surface area is 131 Å². The first-order chi connectivity index (χ1) is 10.9. The lowest BCUT2D eigenvalue weighted by molar-refractivity contribution is 0.460. The van der Waals surface area contributed by atoms with Gasteiger partial charge in [-0.3, -0.25) is 0 Å². The van der Waals surface area contributed by atoms with Crippen molar-refractivity contribution in [3.05, 3.63) is 42.6 Å². The highest BCUT2D eigenvalue weighted by Crippen LogP contribution is 2.36. The number of H-pyrrole nitrogens is 1. The zero-order valence-corrected chi connectivity index (χ0v) is 12.9. The van der Waals surface area contributed by atoms with Crippen LogP contribution in [0.2, 0.25) is 0 Å². The van der Waals surface area contributed by atoms with Gasteiger partial charge < -0.3 is 10.1 Å². The van der Waals surface area contributed by atoms with Crippen LogP contribution in [-0.2, 0) is 9.84 Å². The summed E-state index contributed by atoms with van der Waals surface area (Å²) in [5, 5.41) is 15.1. The Morgan fingerprint density at radius 1 is 1.22 bits per heavy atom. The highest BCUT2D eigenvalue weighted by molar-refractivity contribution is 7.90. The van der Waals surface area contributed by atoms with Crippen molar-refractivity contribution in [1.29, 1.82) is 0 Å². The monoisotopic (exact) mass is 328 g/mol. The molecule has 4 rings (SSSR count). The number of sulfone groups is 1. The second-order valence-electron chi connectivity index (χ2n) is 5.27.